The summed E-state index contributed by atoms with van der Waals surface area (Å²) in [5, 5.41) is 11.4. The van der Waals surface area contributed by atoms with Gasteiger partial charge in [0.25, 0.3) is 5.89 Å². The van der Waals surface area contributed by atoms with Crippen molar-refractivity contribution >= 4 is 17.3 Å². The first-order valence-corrected chi connectivity index (χ1v) is 8.87. The number of esters is 1. The lowest BCUT2D eigenvalue weighted by atomic mass is 10.2. The van der Waals surface area contributed by atoms with Gasteiger partial charge in [-0.25, -0.2) is 9.18 Å². The van der Waals surface area contributed by atoms with Crippen LogP contribution in [0.15, 0.2) is 54.8 Å². The number of ether oxygens (including phenoxy) is 1. The van der Waals surface area contributed by atoms with E-state index < -0.39 is 24.1 Å². The molecule has 4 aromatic rings. The van der Waals surface area contributed by atoms with Crippen LogP contribution in [-0.2, 0) is 22.7 Å². The van der Waals surface area contributed by atoms with Crippen molar-refractivity contribution in [1.29, 1.82) is 0 Å². The fraction of sp³-hybridized carbons (Fsp3) is 0.118. The first-order chi connectivity index (χ1) is 13.6. The average molecular weight is 402 g/mol. The van der Waals surface area contributed by atoms with Gasteiger partial charge >= 0.3 is 11.7 Å². The van der Waals surface area contributed by atoms with Crippen LogP contribution in [0.1, 0.15) is 5.82 Å². The minimum atomic E-state index is -0.837. The van der Waals surface area contributed by atoms with Gasteiger partial charge in [0.15, 0.2) is 6.61 Å². The summed E-state index contributed by atoms with van der Waals surface area (Å²) in [5.41, 5.74) is 1.18. The Hall–Kier alpha value is -3.60. The predicted octanol–water partition coefficient (Wildman–Crippen LogP) is 2.50. The van der Waals surface area contributed by atoms with Crippen LogP contribution < -0.4 is 5.76 Å². The summed E-state index contributed by atoms with van der Waals surface area (Å²) >= 11 is 1.49. The number of rotatable bonds is 6. The molecule has 28 heavy (non-hydrogen) atoms. The molecular weight excluding hydrogens is 391 g/mol. The second-order valence-electron chi connectivity index (χ2n) is 5.53. The summed E-state index contributed by atoms with van der Waals surface area (Å²) in [6, 6.07) is 7.05. The maximum absolute atomic E-state index is 13.0. The number of benzene rings is 1. The largest absolute Gasteiger partial charge is 0.456 e. The van der Waals surface area contributed by atoms with Crippen LogP contribution in [0.5, 0.6) is 0 Å². The van der Waals surface area contributed by atoms with E-state index in [0.717, 1.165) is 10.2 Å². The molecule has 0 bridgehead atoms. The molecule has 0 N–H and O–H groups in total. The van der Waals surface area contributed by atoms with Gasteiger partial charge in [-0.1, -0.05) is 5.16 Å². The molecule has 3 aromatic heterocycles. The molecule has 11 heteroatoms. The maximum atomic E-state index is 13.0. The zero-order valence-corrected chi connectivity index (χ0v) is 14.9. The molecule has 0 atom stereocenters. The minimum absolute atomic E-state index is 0.0311. The Morgan fingerprint density at radius 1 is 1.18 bits per heavy atom. The van der Waals surface area contributed by atoms with Gasteiger partial charge < -0.3 is 13.7 Å². The van der Waals surface area contributed by atoms with Crippen molar-refractivity contribution in [3.63, 3.8) is 0 Å². The first kappa shape index (κ1) is 17.8. The summed E-state index contributed by atoms with van der Waals surface area (Å²) in [5.74, 6) is -1.52. The van der Waals surface area contributed by atoms with Crippen molar-refractivity contribution < 1.29 is 22.9 Å². The Labute approximate surface area is 160 Å². The van der Waals surface area contributed by atoms with Crippen LogP contribution in [0.3, 0.4) is 0 Å². The highest BCUT2D eigenvalue weighted by Crippen LogP contribution is 2.20. The van der Waals surface area contributed by atoms with Gasteiger partial charge in [-0.2, -0.15) is 21.0 Å². The molecule has 142 valence electrons. The van der Waals surface area contributed by atoms with Crippen LogP contribution in [0.25, 0.3) is 22.9 Å². The number of halogens is 1. The lowest BCUT2D eigenvalue weighted by Crippen LogP contribution is -2.23. The molecule has 0 aliphatic rings. The molecule has 0 aliphatic carbocycles. The maximum Gasteiger partial charge on any atom is 0.437 e. The summed E-state index contributed by atoms with van der Waals surface area (Å²) in [6.45, 7) is -0.678. The Morgan fingerprint density at radius 3 is 2.75 bits per heavy atom. The van der Waals surface area contributed by atoms with E-state index >= 15 is 0 Å². The van der Waals surface area contributed by atoms with Gasteiger partial charge in [-0.05, 0) is 35.7 Å². The summed E-state index contributed by atoms with van der Waals surface area (Å²) in [4.78, 5) is 27.9. The Balaban J connectivity index is 1.38. The zero-order valence-electron chi connectivity index (χ0n) is 14.1. The van der Waals surface area contributed by atoms with Crippen molar-refractivity contribution in [2.24, 2.45) is 0 Å². The molecule has 0 fully saturated rings. The molecule has 9 nitrogen and oxygen atoms in total. The van der Waals surface area contributed by atoms with Crippen molar-refractivity contribution in [3.05, 3.63) is 63.3 Å². The van der Waals surface area contributed by atoms with Gasteiger partial charge in [-0.3, -0.25) is 4.79 Å². The molecule has 0 aliphatic heterocycles. The number of hydrogen-bond donors (Lipinski definition) is 0. The van der Waals surface area contributed by atoms with E-state index in [2.05, 4.69) is 15.2 Å². The SMILES string of the molecule is O=C(Cn1nc(-c2ccc(F)cc2)oc1=O)OCc1noc(-c2ccsc2)n1. The highest BCUT2D eigenvalue weighted by Gasteiger charge is 2.16. The standard InChI is InChI=1S/C17H11FN4O5S/c18-12-3-1-10(2-4-12)16-20-22(17(24)26-16)7-14(23)25-8-13-19-15(27-21-13)11-5-6-28-9-11/h1-6,9H,7-8H2. The van der Waals surface area contributed by atoms with E-state index in [1.54, 1.807) is 0 Å². The van der Waals surface area contributed by atoms with E-state index in [4.69, 9.17) is 13.7 Å². The highest BCUT2D eigenvalue weighted by molar-refractivity contribution is 7.08. The number of thiophene rings is 1. The van der Waals surface area contributed by atoms with Crippen LogP contribution in [0.2, 0.25) is 0 Å². The molecule has 0 saturated carbocycles. The summed E-state index contributed by atoms with van der Waals surface area (Å²) in [6.07, 6.45) is 0. The monoisotopic (exact) mass is 402 g/mol. The Bertz CT molecular complexity index is 1150. The van der Waals surface area contributed by atoms with Crippen LogP contribution >= 0.6 is 11.3 Å². The number of carbonyl (C=O) groups excluding carboxylic acids is 1. The van der Waals surface area contributed by atoms with E-state index in [-0.39, 0.29) is 18.3 Å². The average Bonchev–Trinajstić information content (AvgIpc) is 3.42. The first-order valence-electron chi connectivity index (χ1n) is 7.93. The van der Waals surface area contributed by atoms with Crippen molar-refractivity contribution in [3.8, 4) is 22.9 Å². The molecule has 0 radical (unpaired) electrons. The van der Waals surface area contributed by atoms with Crippen LogP contribution in [0, 0.1) is 5.82 Å². The highest BCUT2D eigenvalue weighted by atomic mass is 32.1. The second kappa shape index (κ2) is 7.56. The normalized spacial score (nSPS) is 10.9. The molecule has 3 heterocycles. The van der Waals surface area contributed by atoms with Gasteiger partial charge in [0, 0.05) is 10.9 Å². The summed E-state index contributed by atoms with van der Waals surface area (Å²) in [7, 11) is 0. The van der Waals surface area contributed by atoms with Crippen molar-refractivity contribution in [2.45, 2.75) is 13.2 Å². The smallest absolute Gasteiger partial charge is 0.437 e. The number of aromatic nitrogens is 4. The fourth-order valence-electron chi connectivity index (χ4n) is 2.24. The number of carbonyl (C=O) groups is 1. The van der Waals surface area contributed by atoms with E-state index in [0.29, 0.717) is 11.5 Å². The van der Waals surface area contributed by atoms with Gasteiger partial charge in [0.1, 0.15) is 12.4 Å². The minimum Gasteiger partial charge on any atom is -0.456 e. The third kappa shape index (κ3) is 3.88. The molecule has 0 saturated heterocycles. The molecule has 0 unspecified atom stereocenters. The van der Waals surface area contributed by atoms with E-state index in [1.165, 1.54) is 35.6 Å². The quantitative estimate of drug-likeness (QED) is 0.452. The van der Waals surface area contributed by atoms with Crippen LogP contribution in [-0.4, -0.2) is 25.9 Å². The molecular formula is C17H11FN4O5S. The van der Waals surface area contributed by atoms with Gasteiger partial charge in [-0.15, -0.1) is 5.10 Å². The zero-order chi connectivity index (χ0) is 19.5. The summed E-state index contributed by atoms with van der Waals surface area (Å²) < 4.78 is 28.9. The lowest BCUT2D eigenvalue weighted by molar-refractivity contribution is -0.146. The number of nitrogens with zero attached hydrogens (tertiary/aromatic N) is 4. The van der Waals surface area contributed by atoms with Crippen molar-refractivity contribution in [1.82, 2.24) is 19.9 Å². The third-order valence-corrected chi connectivity index (χ3v) is 4.26. The van der Waals surface area contributed by atoms with Gasteiger partial charge in [0.2, 0.25) is 11.7 Å². The van der Waals surface area contributed by atoms with E-state index in [9.17, 15) is 14.0 Å². The molecule has 0 spiro atoms. The topological polar surface area (TPSA) is 113 Å². The molecule has 0 amide bonds. The van der Waals surface area contributed by atoms with E-state index in [1.807, 2.05) is 16.8 Å². The second-order valence-corrected chi connectivity index (χ2v) is 6.31. The number of hydrogen-bond acceptors (Lipinski definition) is 9. The van der Waals surface area contributed by atoms with Gasteiger partial charge in [0.05, 0.1) is 5.56 Å². The van der Waals surface area contributed by atoms with Crippen molar-refractivity contribution in [2.75, 3.05) is 0 Å². The third-order valence-electron chi connectivity index (χ3n) is 3.57. The predicted molar refractivity (Wildman–Crippen MR) is 93.6 cm³/mol. The fourth-order valence-corrected chi connectivity index (χ4v) is 2.87. The lowest BCUT2D eigenvalue weighted by Gasteiger charge is -2.00. The van der Waals surface area contributed by atoms with Crippen LogP contribution in [0.4, 0.5) is 4.39 Å². The molecule has 4 rings (SSSR count). The Kier molecular flexibility index (Phi) is 4.81. The molecule has 1 aromatic carbocycles. The Morgan fingerprint density at radius 2 is 2.00 bits per heavy atom.